The number of rotatable bonds is 4. The van der Waals surface area contributed by atoms with Crippen LogP contribution in [0.3, 0.4) is 0 Å². The molecule has 1 aliphatic heterocycles. The highest BCUT2D eigenvalue weighted by molar-refractivity contribution is 4.74. The molecule has 0 aliphatic carbocycles. The molecule has 0 aromatic carbocycles. The summed E-state index contributed by atoms with van der Waals surface area (Å²) in [5, 5.41) is 0. The molecular weight excluding hydrogens is 150 g/mol. The Labute approximate surface area is 75.9 Å². The second-order valence-corrected chi connectivity index (χ2v) is 3.93. The number of ether oxygens (including phenoxy) is 1. The van der Waals surface area contributed by atoms with E-state index < -0.39 is 0 Å². The third kappa shape index (κ3) is 3.11. The smallest absolute Gasteiger partial charge is 0.0519 e. The van der Waals surface area contributed by atoms with Crippen LogP contribution in [-0.4, -0.2) is 37.2 Å². The van der Waals surface area contributed by atoms with Gasteiger partial charge in [0.05, 0.1) is 12.7 Å². The summed E-state index contributed by atoms with van der Waals surface area (Å²) in [5.41, 5.74) is 0. The molecule has 1 saturated heterocycles. The van der Waals surface area contributed by atoms with Crippen LogP contribution in [0.25, 0.3) is 0 Å². The molecule has 0 unspecified atom stereocenters. The highest BCUT2D eigenvalue weighted by atomic mass is 16.5. The number of hydrogen-bond donors (Lipinski definition) is 0. The maximum atomic E-state index is 5.59. The van der Waals surface area contributed by atoms with Gasteiger partial charge in [-0.3, -0.25) is 0 Å². The van der Waals surface area contributed by atoms with Gasteiger partial charge in [-0.15, -0.1) is 0 Å². The predicted molar refractivity (Wildman–Crippen MR) is 51.3 cm³/mol. The fourth-order valence-electron chi connectivity index (χ4n) is 1.66. The standard InChI is InChI=1S/C10H21NO/c1-4-11-6-5-10(7-11)8-12-9(2)3/h9-10H,4-8H2,1-3H3/t10-/m1/s1. The molecule has 72 valence electrons. The van der Waals surface area contributed by atoms with Gasteiger partial charge in [0.25, 0.3) is 0 Å². The van der Waals surface area contributed by atoms with Crippen molar-refractivity contribution in [2.45, 2.75) is 33.3 Å². The summed E-state index contributed by atoms with van der Waals surface area (Å²) in [4.78, 5) is 2.49. The predicted octanol–water partition coefficient (Wildman–Crippen LogP) is 1.75. The highest BCUT2D eigenvalue weighted by Crippen LogP contribution is 2.16. The first-order valence-electron chi connectivity index (χ1n) is 5.06. The Bertz CT molecular complexity index is 125. The van der Waals surface area contributed by atoms with E-state index in [0.29, 0.717) is 6.10 Å². The molecule has 2 heteroatoms. The minimum absolute atomic E-state index is 0.390. The summed E-state index contributed by atoms with van der Waals surface area (Å²) in [6.45, 7) is 11.1. The molecule has 0 aromatic rings. The molecule has 0 amide bonds. The Kier molecular flexibility index (Phi) is 4.02. The lowest BCUT2D eigenvalue weighted by Crippen LogP contribution is -2.22. The Morgan fingerprint density at radius 2 is 2.25 bits per heavy atom. The first kappa shape index (κ1) is 10.0. The summed E-state index contributed by atoms with van der Waals surface area (Å²) in [7, 11) is 0. The van der Waals surface area contributed by atoms with Crippen LogP contribution in [0.4, 0.5) is 0 Å². The summed E-state index contributed by atoms with van der Waals surface area (Å²) >= 11 is 0. The van der Waals surface area contributed by atoms with Crippen LogP contribution in [0.2, 0.25) is 0 Å². The summed E-state index contributed by atoms with van der Waals surface area (Å²) in [6, 6.07) is 0. The van der Waals surface area contributed by atoms with Gasteiger partial charge < -0.3 is 9.64 Å². The molecule has 1 heterocycles. The molecule has 1 fully saturated rings. The zero-order valence-electron chi connectivity index (χ0n) is 8.55. The van der Waals surface area contributed by atoms with E-state index in [4.69, 9.17) is 4.74 Å². The molecule has 1 atom stereocenters. The molecule has 2 nitrogen and oxygen atoms in total. The van der Waals surface area contributed by atoms with Crippen molar-refractivity contribution in [2.24, 2.45) is 5.92 Å². The number of likely N-dealkylation sites (tertiary alicyclic amines) is 1. The molecule has 1 rings (SSSR count). The van der Waals surface area contributed by atoms with Gasteiger partial charge in [-0.05, 0) is 39.3 Å². The van der Waals surface area contributed by atoms with Gasteiger partial charge in [0.2, 0.25) is 0 Å². The topological polar surface area (TPSA) is 12.5 Å². The molecule has 0 radical (unpaired) electrons. The molecular formula is C10H21NO. The molecule has 0 saturated carbocycles. The van der Waals surface area contributed by atoms with Gasteiger partial charge in [0, 0.05) is 6.54 Å². The Morgan fingerprint density at radius 1 is 1.50 bits per heavy atom. The van der Waals surface area contributed by atoms with Gasteiger partial charge in [-0.25, -0.2) is 0 Å². The Balaban J connectivity index is 2.11. The third-order valence-electron chi connectivity index (χ3n) is 2.48. The quantitative estimate of drug-likeness (QED) is 0.639. The van der Waals surface area contributed by atoms with Gasteiger partial charge in [-0.1, -0.05) is 6.92 Å². The fraction of sp³-hybridized carbons (Fsp3) is 1.00. The molecule has 0 bridgehead atoms. The van der Waals surface area contributed by atoms with Gasteiger partial charge in [0.1, 0.15) is 0 Å². The third-order valence-corrected chi connectivity index (χ3v) is 2.48. The van der Waals surface area contributed by atoms with Gasteiger partial charge in [0.15, 0.2) is 0 Å². The Morgan fingerprint density at radius 3 is 2.75 bits per heavy atom. The van der Waals surface area contributed by atoms with E-state index in [1.54, 1.807) is 0 Å². The summed E-state index contributed by atoms with van der Waals surface area (Å²) in [6.07, 6.45) is 1.71. The SMILES string of the molecule is CCN1CC[C@@H](COC(C)C)C1. The second kappa shape index (κ2) is 4.83. The van der Waals surface area contributed by atoms with Gasteiger partial charge >= 0.3 is 0 Å². The first-order chi connectivity index (χ1) is 5.72. The van der Waals surface area contributed by atoms with Crippen molar-refractivity contribution in [1.82, 2.24) is 4.90 Å². The second-order valence-electron chi connectivity index (χ2n) is 3.93. The van der Waals surface area contributed by atoms with Crippen molar-refractivity contribution < 1.29 is 4.74 Å². The van der Waals surface area contributed by atoms with Crippen LogP contribution in [0, 0.1) is 5.92 Å². The largest absolute Gasteiger partial charge is 0.378 e. The van der Waals surface area contributed by atoms with E-state index in [1.165, 1.54) is 26.1 Å². The molecule has 0 aromatic heterocycles. The maximum absolute atomic E-state index is 5.59. The van der Waals surface area contributed by atoms with Crippen molar-refractivity contribution in [3.05, 3.63) is 0 Å². The lowest BCUT2D eigenvalue weighted by atomic mass is 10.1. The fourth-order valence-corrected chi connectivity index (χ4v) is 1.66. The average Bonchev–Trinajstić information content (AvgIpc) is 2.48. The summed E-state index contributed by atoms with van der Waals surface area (Å²) in [5.74, 6) is 0.785. The lowest BCUT2D eigenvalue weighted by Gasteiger charge is -2.14. The van der Waals surface area contributed by atoms with Crippen molar-refractivity contribution in [2.75, 3.05) is 26.2 Å². The van der Waals surface area contributed by atoms with Gasteiger partial charge in [-0.2, -0.15) is 0 Å². The number of hydrogen-bond acceptors (Lipinski definition) is 2. The minimum atomic E-state index is 0.390. The van der Waals surface area contributed by atoms with Crippen molar-refractivity contribution in [3.8, 4) is 0 Å². The van der Waals surface area contributed by atoms with Crippen LogP contribution in [0.1, 0.15) is 27.2 Å². The van der Waals surface area contributed by atoms with E-state index in [-0.39, 0.29) is 0 Å². The van der Waals surface area contributed by atoms with Crippen LogP contribution in [0.5, 0.6) is 0 Å². The molecule has 1 aliphatic rings. The van der Waals surface area contributed by atoms with Crippen LogP contribution < -0.4 is 0 Å². The minimum Gasteiger partial charge on any atom is -0.378 e. The van der Waals surface area contributed by atoms with Crippen LogP contribution in [-0.2, 0) is 4.74 Å². The first-order valence-corrected chi connectivity index (χ1v) is 5.06. The lowest BCUT2D eigenvalue weighted by molar-refractivity contribution is 0.0532. The van der Waals surface area contributed by atoms with Crippen molar-refractivity contribution >= 4 is 0 Å². The van der Waals surface area contributed by atoms with Crippen LogP contribution in [0.15, 0.2) is 0 Å². The monoisotopic (exact) mass is 171 g/mol. The normalized spacial score (nSPS) is 25.5. The zero-order valence-corrected chi connectivity index (χ0v) is 8.55. The van der Waals surface area contributed by atoms with E-state index in [1.807, 2.05) is 0 Å². The summed E-state index contributed by atoms with van der Waals surface area (Å²) < 4.78 is 5.59. The molecule has 0 spiro atoms. The van der Waals surface area contributed by atoms with E-state index in [0.717, 1.165) is 12.5 Å². The van der Waals surface area contributed by atoms with Crippen molar-refractivity contribution in [3.63, 3.8) is 0 Å². The molecule has 0 N–H and O–H groups in total. The zero-order chi connectivity index (χ0) is 8.97. The average molecular weight is 171 g/mol. The highest BCUT2D eigenvalue weighted by Gasteiger charge is 2.21. The van der Waals surface area contributed by atoms with Crippen molar-refractivity contribution in [1.29, 1.82) is 0 Å². The molecule has 12 heavy (non-hydrogen) atoms. The maximum Gasteiger partial charge on any atom is 0.0519 e. The van der Waals surface area contributed by atoms with E-state index in [2.05, 4.69) is 25.7 Å². The van der Waals surface area contributed by atoms with E-state index in [9.17, 15) is 0 Å². The number of nitrogens with zero attached hydrogens (tertiary/aromatic N) is 1. The van der Waals surface area contributed by atoms with Crippen LogP contribution >= 0.6 is 0 Å². The van der Waals surface area contributed by atoms with E-state index >= 15 is 0 Å². The Hall–Kier alpha value is -0.0800.